The summed E-state index contributed by atoms with van der Waals surface area (Å²) in [6.07, 6.45) is 5.75. The Morgan fingerprint density at radius 2 is 2.13 bits per heavy atom. The van der Waals surface area contributed by atoms with Crippen molar-refractivity contribution in [1.82, 2.24) is 5.32 Å². The molecule has 0 bridgehead atoms. The molecule has 0 atom stereocenters. The van der Waals surface area contributed by atoms with Crippen LogP contribution < -0.4 is 11.1 Å². The van der Waals surface area contributed by atoms with E-state index in [0.717, 1.165) is 12.3 Å². The smallest absolute Gasteiger partial charge is 0.220 e. The molecular formula is C12H24N2O. The third-order valence-electron chi connectivity index (χ3n) is 3.32. The number of hydrogen-bond acceptors (Lipinski definition) is 2. The molecule has 88 valence electrons. The number of nitrogens with two attached hydrogens (primary N) is 1. The van der Waals surface area contributed by atoms with Gasteiger partial charge in [0.15, 0.2) is 0 Å². The van der Waals surface area contributed by atoms with Gasteiger partial charge in [0, 0.05) is 13.0 Å². The first-order chi connectivity index (χ1) is 7.03. The average molecular weight is 212 g/mol. The van der Waals surface area contributed by atoms with E-state index in [4.69, 9.17) is 5.73 Å². The molecule has 1 aliphatic rings. The molecule has 0 unspecified atom stereocenters. The van der Waals surface area contributed by atoms with Crippen molar-refractivity contribution in [3.8, 4) is 0 Å². The minimum Gasteiger partial charge on any atom is -0.356 e. The van der Waals surface area contributed by atoms with E-state index in [1.165, 1.54) is 19.3 Å². The van der Waals surface area contributed by atoms with Gasteiger partial charge in [0.05, 0.1) is 0 Å². The molecule has 3 heteroatoms. The Balaban J connectivity index is 2.07. The Morgan fingerprint density at radius 3 is 2.60 bits per heavy atom. The summed E-state index contributed by atoms with van der Waals surface area (Å²) in [6, 6.07) is 0. The van der Waals surface area contributed by atoms with E-state index in [1.807, 2.05) is 0 Å². The maximum atomic E-state index is 11.5. The van der Waals surface area contributed by atoms with Crippen molar-refractivity contribution in [3.05, 3.63) is 0 Å². The van der Waals surface area contributed by atoms with Crippen LogP contribution in [0.2, 0.25) is 0 Å². The molecule has 1 fully saturated rings. The van der Waals surface area contributed by atoms with E-state index in [1.54, 1.807) is 0 Å². The molecular weight excluding hydrogens is 188 g/mol. The second-order valence-corrected chi connectivity index (χ2v) is 5.48. The van der Waals surface area contributed by atoms with Crippen LogP contribution >= 0.6 is 0 Å². The predicted molar refractivity (Wildman–Crippen MR) is 62.4 cm³/mol. The first-order valence-electron chi connectivity index (χ1n) is 6.00. The van der Waals surface area contributed by atoms with Gasteiger partial charge in [0.2, 0.25) is 5.91 Å². The molecule has 0 spiro atoms. The average Bonchev–Trinajstić information content (AvgIpc) is 2.13. The van der Waals surface area contributed by atoms with E-state index in [0.29, 0.717) is 19.5 Å². The standard InChI is InChI=1S/C12H24N2O/c1-12(2,8-13)9-14-11(15)7-6-10-4-3-5-10/h10H,3-9,13H2,1-2H3,(H,14,15). The quantitative estimate of drug-likeness (QED) is 0.703. The third kappa shape index (κ3) is 4.65. The second-order valence-electron chi connectivity index (χ2n) is 5.48. The van der Waals surface area contributed by atoms with E-state index >= 15 is 0 Å². The fourth-order valence-electron chi connectivity index (χ4n) is 1.62. The molecule has 1 rings (SSSR count). The van der Waals surface area contributed by atoms with Crippen molar-refractivity contribution in [2.75, 3.05) is 13.1 Å². The second kappa shape index (κ2) is 5.50. The fraction of sp³-hybridized carbons (Fsp3) is 0.917. The van der Waals surface area contributed by atoms with Gasteiger partial charge in [0.25, 0.3) is 0 Å². The molecule has 15 heavy (non-hydrogen) atoms. The van der Waals surface area contributed by atoms with Crippen molar-refractivity contribution in [3.63, 3.8) is 0 Å². The molecule has 0 aromatic heterocycles. The molecule has 0 heterocycles. The molecule has 3 nitrogen and oxygen atoms in total. The van der Waals surface area contributed by atoms with Crippen molar-refractivity contribution in [2.24, 2.45) is 17.1 Å². The summed E-state index contributed by atoms with van der Waals surface area (Å²) < 4.78 is 0. The lowest BCUT2D eigenvalue weighted by Crippen LogP contribution is -2.38. The van der Waals surface area contributed by atoms with Crippen molar-refractivity contribution < 1.29 is 4.79 Å². The van der Waals surface area contributed by atoms with Crippen LogP contribution in [0.25, 0.3) is 0 Å². The number of nitrogens with one attached hydrogen (secondary N) is 1. The minimum atomic E-state index is 0.0200. The van der Waals surface area contributed by atoms with Crippen LogP contribution in [0, 0.1) is 11.3 Å². The first-order valence-corrected chi connectivity index (χ1v) is 6.00. The lowest BCUT2D eigenvalue weighted by molar-refractivity contribution is -0.121. The highest BCUT2D eigenvalue weighted by Gasteiger charge is 2.19. The summed E-state index contributed by atoms with van der Waals surface area (Å²) in [7, 11) is 0. The summed E-state index contributed by atoms with van der Waals surface area (Å²) in [4.78, 5) is 11.5. The monoisotopic (exact) mass is 212 g/mol. The lowest BCUT2D eigenvalue weighted by atomic mass is 9.82. The third-order valence-corrected chi connectivity index (χ3v) is 3.32. The zero-order valence-electron chi connectivity index (χ0n) is 10.0. The SMILES string of the molecule is CC(C)(CN)CNC(=O)CCC1CCC1. The Morgan fingerprint density at radius 1 is 1.47 bits per heavy atom. The molecule has 1 amide bonds. The molecule has 1 saturated carbocycles. The molecule has 0 aromatic rings. The number of rotatable bonds is 6. The van der Waals surface area contributed by atoms with Gasteiger partial charge in [0.1, 0.15) is 0 Å². The van der Waals surface area contributed by atoms with Gasteiger partial charge < -0.3 is 11.1 Å². The zero-order chi connectivity index (χ0) is 11.3. The van der Waals surface area contributed by atoms with Gasteiger partial charge in [-0.3, -0.25) is 4.79 Å². The van der Waals surface area contributed by atoms with E-state index < -0.39 is 0 Å². The summed E-state index contributed by atoms with van der Waals surface area (Å²) in [5.74, 6) is 1.00. The largest absolute Gasteiger partial charge is 0.356 e. The Labute approximate surface area is 92.8 Å². The van der Waals surface area contributed by atoms with Crippen molar-refractivity contribution in [2.45, 2.75) is 46.0 Å². The summed E-state index contributed by atoms with van der Waals surface area (Å²) in [5.41, 5.74) is 5.61. The Bertz CT molecular complexity index is 210. The van der Waals surface area contributed by atoms with Crippen LogP contribution in [0.3, 0.4) is 0 Å². The van der Waals surface area contributed by atoms with Gasteiger partial charge in [-0.05, 0) is 24.3 Å². The Hall–Kier alpha value is -0.570. The van der Waals surface area contributed by atoms with Gasteiger partial charge in [-0.2, -0.15) is 0 Å². The summed E-state index contributed by atoms with van der Waals surface area (Å²) >= 11 is 0. The van der Waals surface area contributed by atoms with Crippen molar-refractivity contribution >= 4 is 5.91 Å². The van der Waals surface area contributed by atoms with Gasteiger partial charge in [-0.1, -0.05) is 33.1 Å². The zero-order valence-corrected chi connectivity index (χ0v) is 10.0. The summed E-state index contributed by atoms with van der Waals surface area (Å²) in [5, 5.41) is 2.96. The van der Waals surface area contributed by atoms with Crippen LogP contribution in [-0.2, 0) is 4.79 Å². The minimum absolute atomic E-state index is 0.0200. The molecule has 0 aliphatic heterocycles. The molecule has 0 aromatic carbocycles. The van der Waals surface area contributed by atoms with Crippen LogP contribution in [0.15, 0.2) is 0 Å². The molecule has 1 aliphatic carbocycles. The number of carbonyl (C=O) groups excluding carboxylic acids is 1. The van der Waals surface area contributed by atoms with Crippen molar-refractivity contribution in [1.29, 1.82) is 0 Å². The molecule has 0 radical (unpaired) electrons. The van der Waals surface area contributed by atoms with Crippen LogP contribution in [0.1, 0.15) is 46.0 Å². The first kappa shape index (κ1) is 12.5. The number of carbonyl (C=O) groups is 1. The molecule has 3 N–H and O–H groups in total. The highest BCUT2D eigenvalue weighted by atomic mass is 16.1. The van der Waals surface area contributed by atoms with Gasteiger partial charge in [-0.25, -0.2) is 0 Å². The maximum absolute atomic E-state index is 11.5. The maximum Gasteiger partial charge on any atom is 0.220 e. The fourth-order valence-corrected chi connectivity index (χ4v) is 1.62. The van der Waals surface area contributed by atoms with Crippen LogP contribution in [-0.4, -0.2) is 19.0 Å². The highest BCUT2D eigenvalue weighted by Crippen LogP contribution is 2.30. The normalized spacial score (nSPS) is 17.3. The number of hydrogen-bond donors (Lipinski definition) is 2. The highest BCUT2D eigenvalue weighted by molar-refractivity contribution is 5.75. The van der Waals surface area contributed by atoms with Crippen LogP contribution in [0.5, 0.6) is 0 Å². The summed E-state index contributed by atoms with van der Waals surface area (Å²) in [6.45, 7) is 5.43. The van der Waals surface area contributed by atoms with Gasteiger partial charge in [-0.15, -0.1) is 0 Å². The predicted octanol–water partition coefficient (Wildman–Crippen LogP) is 1.67. The van der Waals surface area contributed by atoms with E-state index in [9.17, 15) is 4.79 Å². The van der Waals surface area contributed by atoms with E-state index in [2.05, 4.69) is 19.2 Å². The van der Waals surface area contributed by atoms with Gasteiger partial charge >= 0.3 is 0 Å². The van der Waals surface area contributed by atoms with E-state index in [-0.39, 0.29) is 11.3 Å². The lowest BCUT2D eigenvalue weighted by Gasteiger charge is -2.26. The topological polar surface area (TPSA) is 55.1 Å². The van der Waals surface area contributed by atoms with Crippen LogP contribution in [0.4, 0.5) is 0 Å². The number of amides is 1. The molecule has 0 saturated heterocycles. The Kier molecular flexibility index (Phi) is 4.58.